The molecule has 1 rings (SSSR count). The van der Waals surface area contributed by atoms with Crippen LogP contribution < -0.4 is 0 Å². The molecule has 12 heavy (non-hydrogen) atoms. The van der Waals surface area contributed by atoms with Crippen LogP contribution in [-0.4, -0.2) is 23.8 Å². The first-order valence-electron chi connectivity index (χ1n) is 4.63. The summed E-state index contributed by atoms with van der Waals surface area (Å²) >= 11 is 0. The molecule has 1 unspecified atom stereocenters. The lowest BCUT2D eigenvalue weighted by Crippen LogP contribution is -2.06. The first-order valence-corrected chi connectivity index (χ1v) is 4.63. The van der Waals surface area contributed by atoms with E-state index in [-0.39, 0.29) is 18.7 Å². The fraction of sp³-hybridized carbons (Fsp3) is 0.889. The first-order chi connectivity index (χ1) is 5.83. The topological polar surface area (TPSA) is 46.5 Å². The molecular formula is C9H16O3. The zero-order valence-electron chi connectivity index (χ0n) is 7.29. The number of aliphatic hydroxyl groups excluding tert-OH is 1. The predicted molar refractivity (Wildman–Crippen MR) is 44.7 cm³/mol. The number of ether oxygens (including phenoxy) is 1. The molecule has 0 aromatic rings. The van der Waals surface area contributed by atoms with E-state index in [0.717, 1.165) is 32.1 Å². The highest BCUT2D eigenvalue weighted by Crippen LogP contribution is 2.19. The van der Waals surface area contributed by atoms with Gasteiger partial charge in [-0.15, -0.1) is 0 Å². The van der Waals surface area contributed by atoms with Crippen LogP contribution in [0.2, 0.25) is 0 Å². The number of esters is 1. The Kier molecular flexibility index (Phi) is 4.08. The lowest BCUT2D eigenvalue weighted by molar-refractivity contribution is -0.141. The maximum atomic E-state index is 10.7. The maximum Gasteiger partial charge on any atom is 0.306 e. The molecule has 0 aromatic heterocycles. The van der Waals surface area contributed by atoms with Gasteiger partial charge in [-0.25, -0.2) is 0 Å². The van der Waals surface area contributed by atoms with Gasteiger partial charge >= 0.3 is 5.97 Å². The molecule has 1 heterocycles. The number of carbonyl (C=O) groups is 1. The summed E-state index contributed by atoms with van der Waals surface area (Å²) in [6, 6.07) is 0. The summed E-state index contributed by atoms with van der Waals surface area (Å²) in [5.74, 6) is -0.0536. The van der Waals surface area contributed by atoms with Crippen molar-refractivity contribution in [2.75, 3.05) is 6.61 Å². The van der Waals surface area contributed by atoms with E-state index >= 15 is 0 Å². The third-order valence-electron chi connectivity index (χ3n) is 2.15. The number of carbonyl (C=O) groups excluding carboxylic acids is 1. The normalized spacial score (nSPS) is 22.8. The van der Waals surface area contributed by atoms with Crippen molar-refractivity contribution in [3.8, 4) is 0 Å². The van der Waals surface area contributed by atoms with E-state index in [2.05, 4.69) is 0 Å². The van der Waals surface area contributed by atoms with E-state index in [0.29, 0.717) is 6.42 Å². The molecule has 0 spiro atoms. The molecular weight excluding hydrogens is 156 g/mol. The van der Waals surface area contributed by atoms with Crippen molar-refractivity contribution in [3.05, 3.63) is 0 Å². The molecule has 3 heteroatoms. The third-order valence-corrected chi connectivity index (χ3v) is 2.15. The fourth-order valence-corrected chi connectivity index (χ4v) is 1.45. The molecule has 0 saturated carbocycles. The van der Waals surface area contributed by atoms with Crippen molar-refractivity contribution < 1.29 is 14.6 Å². The molecule has 1 aliphatic rings. The quantitative estimate of drug-likeness (QED) is 0.501. The van der Waals surface area contributed by atoms with E-state index in [4.69, 9.17) is 9.84 Å². The van der Waals surface area contributed by atoms with Gasteiger partial charge in [-0.1, -0.05) is 6.42 Å². The Hall–Kier alpha value is -0.570. The van der Waals surface area contributed by atoms with Gasteiger partial charge in [0.15, 0.2) is 0 Å². The van der Waals surface area contributed by atoms with Crippen LogP contribution in [0.4, 0.5) is 0 Å². The number of cyclic esters (lactones) is 1. The van der Waals surface area contributed by atoms with Gasteiger partial charge < -0.3 is 9.84 Å². The average Bonchev–Trinajstić information content (AvgIpc) is 2.45. The minimum atomic E-state index is -0.0536. The molecule has 1 aliphatic heterocycles. The standard InChI is InChI=1S/C9H16O3/c10-7-3-1-2-4-8-5-6-9(11)12-8/h8,10H,1-7H2. The summed E-state index contributed by atoms with van der Waals surface area (Å²) in [4.78, 5) is 10.7. The smallest absolute Gasteiger partial charge is 0.306 e. The molecule has 1 saturated heterocycles. The van der Waals surface area contributed by atoms with Gasteiger partial charge in [0, 0.05) is 13.0 Å². The summed E-state index contributed by atoms with van der Waals surface area (Å²) in [7, 11) is 0. The third kappa shape index (κ3) is 3.22. The molecule has 0 aliphatic carbocycles. The predicted octanol–water partition coefficient (Wildman–Crippen LogP) is 1.24. The molecule has 1 fully saturated rings. The van der Waals surface area contributed by atoms with Crippen molar-refractivity contribution in [2.45, 2.75) is 44.6 Å². The Bertz CT molecular complexity index is 145. The van der Waals surface area contributed by atoms with Crippen LogP contribution in [0.5, 0.6) is 0 Å². The summed E-state index contributed by atoms with van der Waals surface area (Å²) in [6.45, 7) is 0.268. The van der Waals surface area contributed by atoms with Crippen LogP contribution in [0.3, 0.4) is 0 Å². The number of rotatable bonds is 5. The zero-order chi connectivity index (χ0) is 8.81. The molecule has 0 amide bonds. The van der Waals surface area contributed by atoms with Crippen LogP contribution in [0.15, 0.2) is 0 Å². The van der Waals surface area contributed by atoms with E-state index in [1.54, 1.807) is 0 Å². The van der Waals surface area contributed by atoms with Crippen LogP contribution in [0.25, 0.3) is 0 Å². The lowest BCUT2D eigenvalue weighted by Gasteiger charge is -2.07. The van der Waals surface area contributed by atoms with E-state index in [1.807, 2.05) is 0 Å². The molecule has 1 N–H and O–H groups in total. The van der Waals surface area contributed by atoms with Crippen LogP contribution >= 0.6 is 0 Å². The van der Waals surface area contributed by atoms with E-state index in [9.17, 15) is 4.79 Å². The van der Waals surface area contributed by atoms with Crippen molar-refractivity contribution in [1.82, 2.24) is 0 Å². The van der Waals surface area contributed by atoms with Crippen molar-refractivity contribution >= 4 is 5.97 Å². The summed E-state index contributed by atoms with van der Waals surface area (Å²) < 4.78 is 5.04. The summed E-state index contributed by atoms with van der Waals surface area (Å²) in [5, 5.41) is 8.51. The van der Waals surface area contributed by atoms with Gasteiger partial charge in [0.2, 0.25) is 0 Å². The Balaban J connectivity index is 1.97. The molecule has 0 aromatic carbocycles. The second-order valence-corrected chi connectivity index (χ2v) is 3.22. The van der Waals surface area contributed by atoms with Gasteiger partial charge in [-0.2, -0.15) is 0 Å². The van der Waals surface area contributed by atoms with Gasteiger partial charge in [0.05, 0.1) is 0 Å². The molecule has 0 bridgehead atoms. The van der Waals surface area contributed by atoms with Crippen LogP contribution in [0.1, 0.15) is 38.5 Å². The van der Waals surface area contributed by atoms with Crippen LogP contribution in [0, 0.1) is 0 Å². The van der Waals surface area contributed by atoms with E-state index < -0.39 is 0 Å². The highest BCUT2D eigenvalue weighted by Gasteiger charge is 2.22. The fourth-order valence-electron chi connectivity index (χ4n) is 1.45. The zero-order valence-corrected chi connectivity index (χ0v) is 7.29. The Morgan fingerprint density at radius 2 is 2.25 bits per heavy atom. The van der Waals surface area contributed by atoms with Gasteiger partial charge in [-0.3, -0.25) is 4.79 Å². The van der Waals surface area contributed by atoms with Crippen molar-refractivity contribution in [1.29, 1.82) is 0 Å². The molecule has 1 atom stereocenters. The molecule has 3 nitrogen and oxygen atoms in total. The summed E-state index contributed by atoms with van der Waals surface area (Å²) in [6.07, 6.45) is 5.55. The second kappa shape index (κ2) is 5.14. The largest absolute Gasteiger partial charge is 0.462 e. The van der Waals surface area contributed by atoms with E-state index in [1.165, 1.54) is 0 Å². The second-order valence-electron chi connectivity index (χ2n) is 3.22. The monoisotopic (exact) mass is 172 g/mol. The number of hydrogen-bond donors (Lipinski definition) is 1. The first kappa shape index (κ1) is 9.52. The summed E-state index contributed by atoms with van der Waals surface area (Å²) in [5.41, 5.74) is 0. The number of aliphatic hydroxyl groups is 1. The number of hydrogen-bond acceptors (Lipinski definition) is 3. The SMILES string of the molecule is O=C1CCC(CCCCCO)O1. The highest BCUT2D eigenvalue weighted by atomic mass is 16.5. The van der Waals surface area contributed by atoms with Crippen molar-refractivity contribution in [2.24, 2.45) is 0 Å². The Morgan fingerprint density at radius 1 is 1.42 bits per heavy atom. The Morgan fingerprint density at radius 3 is 2.83 bits per heavy atom. The van der Waals surface area contributed by atoms with Crippen LogP contribution in [-0.2, 0) is 9.53 Å². The highest BCUT2D eigenvalue weighted by molar-refractivity contribution is 5.71. The average molecular weight is 172 g/mol. The van der Waals surface area contributed by atoms with Gasteiger partial charge in [0.1, 0.15) is 6.10 Å². The lowest BCUT2D eigenvalue weighted by atomic mass is 10.1. The number of unbranched alkanes of at least 4 members (excludes halogenated alkanes) is 2. The molecule has 0 radical (unpaired) electrons. The molecule has 70 valence electrons. The van der Waals surface area contributed by atoms with Gasteiger partial charge in [-0.05, 0) is 25.7 Å². The Labute approximate surface area is 72.7 Å². The minimum Gasteiger partial charge on any atom is -0.462 e. The minimum absolute atomic E-state index is 0.0536. The van der Waals surface area contributed by atoms with Crippen molar-refractivity contribution in [3.63, 3.8) is 0 Å². The van der Waals surface area contributed by atoms with Gasteiger partial charge in [0.25, 0.3) is 0 Å². The maximum absolute atomic E-state index is 10.7.